The van der Waals surface area contributed by atoms with Crippen molar-refractivity contribution in [2.75, 3.05) is 0 Å². The van der Waals surface area contributed by atoms with Crippen LogP contribution in [0.25, 0.3) is 69.1 Å². The van der Waals surface area contributed by atoms with Crippen LogP contribution >= 0.6 is 0 Å². The van der Waals surface area contributed by atoms with Gasteiger partial charge in [0.25, 0.3) is 0 Å². The summed E-state index contributed by atoms with van der Waals surface area (Å²) >= 11 is 0. The Morgan fingerprint density at radius 3 is 0.987 bits per heavy atom. The second kappa shape index (κ2) is 26.6. The van der Waals surface area contributed by atoms with Crippen molar-refractivity contribution in [3.8, 4) is 69.1 Å². The normalized spacial score (nSPS) is 10.9. The van der Waals surface area contributed by atoms with Crippen molar-refractivity contribution in [1.29, 1.82) is 0 Å². The van der Waals surface area contributed by atoms with E-state index in [9.17, 15) is 39.5 Å². The van der Waals surface area contributed by atoms with Crippen LogP contribution in [0, 0.1) is 20.8 Å². The first-order valence-electron chi connectivity index (χ1n) is 20.6. The minimum Gasteiger partial charge on any atom is -0.421 e. The van der Waals surface area contributed by atoms with E-state index in [2.05, 4.69) is 121 Å². The molecule has 2 N–H and O–H groups in total. The van der Waals surface area contributed by atoms with Gasteiger partial charge >= 0.3 is 60.7 Å². The van der Waals surface area contributed by atoms with E-state index in [4.69, 9.17) is 0 Å². The maximum Gasteiger partial charge on any atom is 2.00 e. The Hall–Kier alpha value is -8.80. The molecule has 0 saturated heterocycles. The molecule has 0 aliphatic carbocycles. The third-order valence-electron chi connectivity index (χ3n) is 8.46. The maximum atomic E-state index is 12.5. The largest absolute Gasteiger partial charge is 2.00 e. The van der Waals surface area contributed by atoms with Crippen molar-refractivity contribution in [1.82, 2.24) is 126 Å². The number of halogens is 9. The monoisotopic (exact) mass is 1430 g/mol. The summed E-state index contributed by atoms with van der Waals surface area (Å²) in [5.74, 6) is -1.86. The standard InChI is InChI=1S/C11H3F6N7.C11H8F3N7.C11H9N7.2C4H4N2.2Pt/c12-10(13,14)8-19-6(21-23-8)4-2-1-3-5(18-4)7-20-9(24-22-7)11(15,16)17;1-5-15-8(19-18-5)6-3-2-4-7(16-6)9-17-10(21-20-9)11(12,13)14;1-6-12-10(17-15-6)8-4-3-5-9(14-8)11-13-7(2)16-18-11;2*1-2-4-6-5-3-1;;/h1-3H;2-4H,1H3,(H,15,18,19)(H,17,20,21);3-5H,1-2H3;2*1-4H;;/q-2;;-2;;;2*+2. The van der Waals surface area contributed by atoms with Gasteiger partial charge in [0.15, 0.2) is 11.6 Å². The first-order chi connectivity index (χ1) is 35.8. The molecule has 400 valence electrons. The Kier molecular flexibility index (Phi) is 20.4. The van der Waals surface area contributed by atoms with Crippen molar-refractivity contribution in [3.63, 3.8) is 0 Å². The number of aryl methyl sites for hydroxylation is 3. The fourth-order valence-electron chi connectivity index (χ4n) is 5.31. The zero-order chi connectivity index (χ0) is 53.6. The number of nitrogens with one attached hydrogen (secondary N) is 2. The van der Waals surface area contributed by atoms with Gasteiger partial charge in [0.05, 0.1) is 22.8 Å². The van der Waals surface area contributed by atoms with Crippen LogP contribution in [0.3, 0.4) is 0 Å². The van der Waals surface area contributed by atoms with E-state index in [0.29, 0.717) is 52.0 Å². The molecule has 25 nitrogen and oxygen atoms in total. The van der Waals surface area contributed by atoms with Crippen LogP contribution in [-0.4, -0.2) is 106 Å². The van der Waals surface area contributed by atoms with Gasteiger partial charge in [0, 0.05) is 36.4 Å². The van der Waals surface area contributed by atoms with Gasteiger partial charge in [-0.15, -0.1) is 0 Å². The average molecular weight is 1430 g/mol. The number of hydrogen-bond donors (Lipinski definition) is 2. The van der Waals surface area contributed by atoms with E-state index in [-0.39, 0.29) is 65.0 Å². The molecular formula is C41H28F9N25Pt2. The van der Waals surface area contributed by atoms with E-state index < -0.39 is 47.7 Å². The minimum absolute atomic E-state index is 0. The Morgan fingerprint density at radius 2 is 0.701 bits per heavy atom. The summed E-state index contributed by atoms with van der Waals surface area (Å²) in [5, 5.41) is 54.0. The van der Waals surface area contributed by atoms with Gasteiger partial charge in [-0.1, -0.05) is 18.2 Å². The first kappa shape index (κ1) is 59.1. The Balaban J connectivity index is 0.000000190. The molecule has 0 aliphatic heterocycles. The predicted octanol–water partition coefficient (Wildman–Crippen LogP) is 5.40. The molecule has 0 radical (unpaired) electrons. The first-order valence-corrected chi connectivity index (χ1v) is 20.6. The van der Waals surface area contributed by atoms with Gasteiger partial charge in [-0.3, -0.25) is 30.6 Å². The van der Waals surface area contributed by atoms with Crippen LogP contribution in [-0.2, 0) is 60.7 Å². The van der Waals surface area contributed by atoms with E-state index >= 15 is 0 Å². The molecule has 0 bridgehead atoms. The van der Waals surface area contributed by atoms with Gasteiger partial charge < -0.3 is 40.3 Å². The summed E-state index contributed by atoms with van der Waals surface area (Å²) in [6.07, 6.45) is -7.57. The Labute approximate surface area is 453 Å². The third-order valence-corrected chi connectivity index (χ3v) is 8.46. The molecule has 0 amide bonds. The Bertz CT molecular complexity index is 3290. The van der Waals surface area contributed by atoms with Gasteiger partial charge in [0.1, 0.15) is 28.9 Å². The maximum absolute atomic E-state index is 12.5. The topological polar surface area (TPSA) is 333 Å². The number of pyridine rings is 3. The molecule has 11 aromatic heterocycles. The summed E-state index contributed by atoms with van der Waals surface area (Å²) < 4.78 is 112. The van der Waals surface area contributed by atoms with E-state index in [0.717, 1.165) is 0 Å². The molecule has 11 aromatic rings. The van der Waals surface area contributed by atoms with Crippen molar-refractivity contribution in [3.05, 3.63) is 139 Å². The number of rotatable bonds is 6. The molecule has 36 heteroatoms. The fraction of sp³-hybridized carbons (Fsp3) is 0.146. The second-order valence-electron chi connectivity index (χ2n) is 14.1. The molecular weight excluding hydrogens is 1400 g/mol. The van der Waals surface area contributed by atoms with Crippen molar-refractivity contribution in [2.45, 2.75) is 39.3 Å². The number of aromatic amines is 2. The number of hydrogen-bond acceptors (Lipinski definition) is 19. The molecule has 11 heterocycles. The minimum atomic E-state index is -4.77. The summed E-state index contributed by atoms with van der Waals surface area (Å²) in [5.41, 5.74) is 1.64. The van der Waals surface area contributed by atoms with E-state index in [1.54, 1.807) is 57.7 Å². The SMILES string of the molecule is Cc1n[n-]c(-c2cccc(-c3nc(C)n[n-]3)n2)n1.Cc1nc(-c2cccc(-c3n[nH]c(C(F)(F)F)n3)n2)n[nH]1.FC(F)(F)c1n[n-]c(-c2cccc(-c3nc(C(F)(F)F)n[n-]3)n2)n1.[Pt+2].[Pt+2].c1ccnnc1.c1ccnnc1. The van der Waals surface area contributed by atoms with Crippen LogP contribution in [0.2, 0.25) is 0 Å². The molecule has 0 aliphatic rings. The molecule has 0 saturated carbocycles. The van der Waals surface area contributed by atoms with Gasteiger partial charge in [-0.2, -0.15) is 70.1 Å². The number of alkyl halides is 9. The Morgan fingerprint density at radius 1 is 0.364 bits per heavy atom. The fourth-order valence-corrected chi connectivity index (χ4v) is 5.31. The van der Waals surface area contributed by atoms with Gasteiger partial charge in [-0.25, -0.2) is 24.9 Å². The summed E-state index contributed by atoms with van der Waals surface area (Å²) in [7, 11) is 0. The van der Waals surface area contributed by atoms with Crippen LogP contribution in [0.1, 0.15) is 34.9 Å². The summed E-state index contributed by atoms with van der Waals surface area (Å²) in [6, 6.07) is 21.4. The quantitative estimate of drug-likeness (QED) is 0.197. The van der Waals surface area contributed by atoms with Crippen LogP contribution in [0.5, 0.6) is 0 Å². The van der Waals surface area contributed by atoms with Crippen LogP contribution in [0.4, 0.5) is 39.5 Å². The summed E-state index contributed by atoms with van der Waals surface area (Å²) in [4.78, 5) is 34.6. The molecule has 0 spiro atoms. The number of aromatic nitrogens is 25. The van der Waals surface area contributed by atoms with Crippen molar-refractivity contribution >= 4 is 0 Å². The second-order valence-corrected chi connectivity index (χ2v) is 14.1. The van der Waals surface area contributed by atoms with Crippen LogP contribution < -0.4 is 20.4 Å². The van der Waals surface area contributed by atoms with Crippen molar-refractivity contribution in [2.24, 2.45) is 0 Å². The van der Waals surface area contributed by atoms with Crippen molar-refractivity contribution < 1.29 is 81.6 Å². The third kappa shape index (κ3) is 17.1. The van der Waals surface area contributed by atoms with E-state index in [1.807, 2.05) is 47.6 Å². The molecule has 11 rings (SSSR count). The molecule has 77 heavy (non-hydrogen) atoms. The smallest absolute Gasteiger partial charge is 0.421 e. The molecule has 0 aromatic carbocycles. The molecule has 0 fully saturated rings. The van der Waals surface area contributed by atoms with Gasteiger partial charge in [0.2, 0.25) is 5.82 Å². The van der Waals surface area contributed by atoms with Crippen LogP contribution in [0.15, 0.2) is 104 Å². The number of H-pyrrole nitrogens is 2. The molecule has 0 unspecified atom stereocenters. The predicted molar refractivity (Wildman–Crippen MR) is 234 cm³/mol. The number of nitrogens with zero attached hydrogens (tertiary/aromatic N) is 23. The molecule has 0 atom stereocenters. The van der Waals surface area contributed by atoms with Gasteiger partial charge in [-0.05, 0) is 105 Å². The zero-order valence-corrected chi connectivity index (χ0v) is 43.2. The zero-order valence-electron chi connectivity index (χ0n) is 38.6. The van der Waals surface area contributed by atoms with E-state index in [1.165, 1.54) is 24.3 Å². The average Bonchev–Trinajstić information content (AvgIpc) is 4.28. The summed E-state index contributed by atoms with van der Waals surface area (Å²) in [6.45, 7) is 5.30.